The van der Waals surface area contributed by atoms with Crippen LogP contribution in [0.3, 0.4) is 0 Å². The Bertz CT molecular complexity index is 1410. The lowest BCUT2D eigenvalue weighted by Crippen LogP contribution is -2.28. The lowest BCUT2D eigenvalue weighted by molar-refractivity contribution is 0.284. The van der Waals surface area contributed by atoms with Gasteiger partial charge in [0, 0.05) is 23.4 Å². The fourth-order valence-electron chi connectivity index (χ4n) is 3.70. The second-order valence-corrected chi connectivity index (χ2v) is 11.1. The van der Waals surface area contributed by atoms with E-state index in [0.717, 1.165) is 33.2 Å². The van der Waals surface area contributed by atoms with Crippen molar-refractivity contribution in [1.82, 2.24) is 4.98 Å². The Kier molecular flexibility index (Phi) is 6.13. The standard InChI is InChI=1S/C27H27NO4S/c1-27(2,33(4,29)30)22-16-21-11-8-14-28-26(21)23(17-22)20-10-7-9-19(15-20)18-32-25-13-6-5-12-24(25)31-3/h5-17H,18H2,1-4H3. The highest BCUT2D eigenvalue weighted by molar-refractivity contribution is 7.91. The molecule has 1 heterocycles. The molecule has 0 saturated heterocycles. The highest BCUT2D eigenvalue weighted by Gasteiger charge is 2.33. The van der Waals surface area contributed by atoms with E-state index in [9.17, 15) is 8.42 Å². The van der Waals surface area contributed by atoms with Crippen LogP contribution in [0.1, 0.15) is 25.0 Å². The Morgan fingerprint density at radius 3 is 2.39 bits per heavy atom. The summed E-state index contributed by atoms with van der Waals surface area (Å²) >= 11 is 0. The first kappa shape index (κ1) is 22.8. The molecule has 0 amide bonds. The summed E-state index contributed by atoms with van der Waals surface area (Å²) in [5.41, 5.74) is 4.38. The summed E-state index contributed by atoms with van der Waals surface area (Å²) in [4.78, 5) is 4.59. The van der Waals surface area contributed by atoms with E-state index >= 15 is 0 Å². The van der Waals surface area contributed by atoms with Crippen molar-refractivity contribution in [3.63, 3.8) is 0 Å². The molecule has 4 aromatic rings. The van der Waals surface area contributed by atoms with Crippen LogP contribution < -0.4 is 9.47 Å². The van der Waals surface area contributed by atoms with E-state index in [1.165, 1.54) is 6.26 Å². The van der Waals surface area contributed by atoms with E-state index in [1.807, 2.05) is 66.7 Å². The number of hydrogen-bond donors (Lipinski definition) is 0. The second kappa shape index (κ2) is 8.87. The van der Waals surface area contributed by atoms with E-state index in [4.69, 9.17) is 9.47 Å². The summed E-state index contributed by atoms with van der Waals surface area (Å²) < 4.78 is 35.4. The smallest absolute Gasteiger partial charge is 0.161 e. The summed E-state index contributed by atoms with van der Waals surface area (Å²) in [6.07, 6.45) is 3.03. The topological polar surface area (TPSA) is 65.5 Å². The third-order valence-corrected chi connectivity index (χ3v) is 8.12. The van der Waals surface area contributed by atoms with Crippen molar-refractivity contribution >= 4 is 20.7 Å². The van der Waals surface area contributed by atoms with Gasteiger partial charge in [-0.05, 0) is 66.9 Å². The molecule has 5 nitrogen and oxygen atoms in total. The van der Waals surface area contributed by atoms with E-state index in [-0.39, 0.29) is 0 Å². The number of rotatable bonds is 7. The molecule has 0 atom stereocenters. The first-order valence-corrected chi connectivity index (χ1v) is 12.5. The molecule has 0 fully saturated rings. The number of hydrogen-bond acceptors (Lipinski definition) is 5. The molecule has 1 aromatic heterocycles. The van der Waals surface area contributed by atoms with Crippen LogP contribution in [-0.4, -0.2) is 26.8 Å². The minimum Gasteiger partial charge on any atom is -0.493 e. The molecule has 0 aliphatic carbocycles. The van der Waals surface area contributed by atoms with Gasteiger partial charge in [0.1, 0.15) is 6.61 Å². The number of nitrogens with zero attached hydrogens (tertiary/aromatic N) is 1. The minimum atomic E-state index is -3.33. The molecule has 3 aromatic carbocycles. The molecule has 0 bridgehead atoms. The van der Waals surface area contributed by atoms with Gasteiger partial charge >= 0.3 is 0 Å². The van der Waals surface area contributed by atoms with Gasteiger partial charge in [0.05, 0.1) is 17.4 Å². The third kappa shape index (κ3) is 4.57. The fraction of sp³-hybridized carbons (Fsp3) is 0.222. The molecule has 33 heavy (non-hydrogen) atoms. The molecular weight excluding hydrogens is 434 g/mol. The average Bonchev–Trinajstić information content (AvgIpc) is 2.81. The van der Waals surface area contributed by atoms with Gasteiger partial charge in [0.2, 0.25) is 0 Å². The minimum absolute atomic E-state index is 0.369. The largest absolute Gasteiger partial charge is 0.493 e. The Morgan fingerprint density at radius 1 is 0.909 bits per heavy atom. The maximum atomic E-state index is 12.5. The number of fused-ring (bicyclic) bond motifs is 1. The van der Waals surface area contributed by atoms with Crippen molar-refractivity contribution in [2.75, 3.05) is 13.4 Å². The Hall–Kier alpha value is -3.38. The molecule has 0 aliphatic heterocycles. The van der Waals surface area contributed by atoms with Crippen LogP contribution in [0, 0.1) is 0 Å². The summed E-state index contributed by atoms with van der Waals surface area (Å²) in [5, 5.41) is 0.900. The molecule has 170 valence electrons. The zero-order valence-corrected chi connectivity index (χ0v) is 20.0. The SMILES string of the molecule is COc1ccccc1OCc1cccc(-c2cc(C(C)(C)S(C)(=O)=O)cc3cccnc23)c1. The third-order valence-electron chi connectivity index (χ3n) is 6.03. The van der Waals surface area contributed by atoms with Crippen molar-refractivity contribution in [3.05, 3.63) is 90.1 Å². The molecule has 0 spiro atoms. The van der Waals surface area contributed by atoms with E-state index in [2.05, 4.69) is 11.1 Å². The normalized spacial score (nSPS) is 12.0. The van der Waals surface area contributed by atoms with Crippen LogP contribution >= 0.6 is 0 Å². The number of methoxy groups -OCH3 is 1. The predicted molar refractivity (Wildman–Crippen MR) is 132 cm³/mol. The zero-order chi connectivity index (χ0) is 23.6. The number of ether oxygens (including phenoxy) is 2. The van der Waals surface area contributed by atoms with Gasteiger partial charge in [-0.2, -0.15) is 0 Å². The number of aromatic nitrogens is 1. The van der Waals surface area contributed by atoms with Gasteiger partial charge in [0.25, 0.3) is 0 Å². The highest BCUT2D eigenvalue weighted by Crippen LogP contribution is 2.36. The van der Waals surface area contributed by atoms with Crippen molar-refractivity contribution in [1.29, 1.82) is 0 Å². The van der Waals surface area contributed by atoms with Crippen LogP contribution in [0.4, 0.5) is 0 Å². The molecule has 0 unspecified atom stereocenters. The number of sulfone groups is 1. The Balaban J connectivity index is 1.76. The van der Waals surface area contributed by atoms with Crippen LogP contribution in [0.25, 0.3) is 22.0 Å². The van der Waals surface area contributed by atoms with Gasteiger partial charge in [-0.1, -0.05) is 36.4 Å². The molecule has 4 rings (SSSR count). The van der Waals surface area contributed by atoms with E-state index in [1.54, 1.807) is 27.2 Å². The first-order valence-electron chi connectivity index (χ1n) is 10.6. The van der Waals surface area contributed by atoms with Gasteiger partial charge < -0.3 is 9.47 Å². The molecule has 0 radical (unpaired) electrons. The quantitative estimate of drug-likeness (QED) is 0.350. The van der Waals surface area contributed by atoms with Crippen LogP contribution in [0.15, 0.2) is 79.0 Å². The van der Waals surface area contributed by atoms with Gasteiger partial charge in [-0.15, -0.1) is 0 Å². The molecular formula is C27H27NO4S. The molecule has 0 aliphatic rings. The zero-order valence-electron chi connectivity index (χ0n) is 19.2. The Morgan fingerprint density at radius 2 is 1.67 bits per heavy atom. The average molecular weight is 462 g/mol. The number of benzene rings is 3. The number of pyridine rings is 1. The van der Waals surface area contributed by atoms with Crippen molar-refractivity contribution < 1.29 is 17.9 Å². The summed E-state index contributed by atoms with van der Waals surface area (Å²) in [7, 11) is -1.71. The summed E-state index contributed by atoms with van der Waals surface area (Å²) in [5.74, 6) is 1.36. The van der Waals surface area contributed by atoms with Crippen LogP contribution in [-0.2, 0) is 21.2 Å². The van der Waals surface area contributed by atoms with Gasteiger partial charge in [-0.25, -0.2) is 8.42 Å². The Labute approximate surface area is 194 Å². The first-order chi connectivity index (χ1) is 15.7. The van der Waals surface area contributed by atoms with Gasteiger partial charge in [-0.3, -0.25) is 4.98 Å². The second-order valence-electron chi connectivity index (χ2n) is 8.52. The van der Waals surface area contributed by atoms with E-state index < -0.39 is 14.6 Å². The van der Waals surface area contributed by atoms with E-state index in [0.29, 0.717) is 18.1 Å². The van der Waals surface area contributed by atoms with Gasteiger partial charge in [0.15, 0.2) is 21.3 Å². The maximum absolute atomic E-state index is 12.5. The summed E-state index contributed by atoms with van der Waals surface area (Å²) in [6, 6.07) is 23.2. The van der Waals surface area contributed by atoms with Crippen molar-refractivity contribution in [3.8, 4) is 22.6 Å². The van der Waals surface area contributed by atoms with Crippen LogP contribution in [0.5, 0.6) is 11.5 Å². The lowest BCUT2D eigenvalue weighted by Gasteiger charge is -2.24. The molecule has 0 saturated carbocycles. The number of para-hydroxylation sites is 2. The lowest BCUT2D eigenvalue weighted by atomic mass is 9.93. The highest BCUT2D eigenvalue weighted by atomic mass is 32.2. The predicted octanol–water partition coefficient (Wildman–Crippen LogP) is 5.77. The van der Waals surface area contributed by atoms with Crippen molar-refractivity contribution in [2.45, 2.75) is 25.2 Å². The monoisotopic (exact) mass is 461 g/mol. The van der Waals surface area contributed by atoms with Crippen LogP contribution in [0.2, 0.25) is 0 Å². The fourth-order valence-corrected chi connectivity index (χ4v) is 4.25. The van der Waals surface area contributed by atoms with Crippen molar-refractivity contribution in [2.24, 2.45) is 0 Å². The molecule has 6 heteroatoms. The summed E-state index contributed by atoms with van der Waals surface area (Å²) in [6.45, 7) is 3.84. The molecule has 0 N–H and O–H groups in total. The maximum Gasteiger partial charge on any atom is 0.161 e.